The van der Waals surface area contributed by atoms with Crippen LogP contribution in [0.1, 0.15) is 30.2 Å². The molecule has 0 atom stereocenters. The number of ether oxygens (including phenoxy) is 2. The Labute approximate surface area is 168 Å². The van der Waals surface area contributed by atoms with Crippen LogP contribution in [0.2, 0.25) is 0 Å². The van der Waals surface area contributed by atoms with Gasteiger partial charge in [-0.05, 0) is 36.6 Å². The molecule has 29 heavy (non-hydrogen) atoms. The highest BCUT2D eigenvalue weighted by atomic mass is 16.5. The van der Waals surface area contributed by atoms with E-state index in [9.17, 15) is 4.79 Å². The molecule has 1 saturated heterocycles. The van der Waals surface area contributed by atoms with Crippen LogP contribution in [0.4, 0.5) is 0 Å². The van der Waals surface area contributed by atoms with Crippen LogP contribution in [0.15, 0.2) is 45.6 Å². The van der Waals surface area contributed by atoms with E-state index >= 15 is 0 Å². The number of rotatable bonds is 6. The summed E-state index contributed by atoms with van der Waals surface area (Å²) in [5.41, 5.74) is 1.67. The van der Waals surface area contributed by atoms with Crippen molar-refractivity contribution >= 4 is 5.91 Å². The molecular weight excluding hydrogens is 374 g/mol. The van der Waals surface area contributed by atoms with Gasteiger partial charge in [0, 0.05) is 19.0 Å². The predicted octanol–water partition coefficient (Wildman–Crippen LogP) is 3.30. The highest BCUT2D eigenvalue weighted by Crippen LogP contribution is 2.31. The minimum atomic E-state index is 0.0975. The maximum Gasteiger partial charge on any atom is 0.250 e. The molecule has 0 aliphatic carbocycles. The molecule has 0 bridgehead atoms. The van der Waals surface area contributed by atoms with E-state index in [1.165, 1.54) is 0 Å². The first-order chi connectivity index (χ1) is 14.2. The van der Waals surface area contributed by atoms with Crippen LogP contribution in [0.5, 0.6) is 11.5 Å². The zero-order chi connectivity index (χ0) is 20.2. The van der Waals surface area contributed by atoms with Crippen molar-refractivity contribution < 1.29 is 23.1 Å². The van der Waals surface area contributed by atoms with E-state index in [1.807, 2.05) is 23.1 Å². The van der Waals surface area contributed by atoms with Crippen molar-refractivity contribution in [2.45, 2.75) is 25.2 Å². The fourth-order valence-electron chi connectivity index (χ4n) is 3.56. The van der Waals surface area contributed by atoms with Gasteiger partial charge in [0.2, 0.25) is 11.8 Å². The molecule has 3 heterocycles. The van der Waals surface area contributed by atoms with Gasteiger partial charge in [-0.25, -0.2) is 0 Å². The number of likely N-dealkylation sites (tertiary alicyclic amines) is 1. The molecule has 152 valence electrons. The lowest BCUT2D eigenvalue weighted by atomic mass is 9.96. The number of furan rings is 1. The second-order valence-corrected chi connectivity index (χ2v) is 6.98. The molecule has 0 radical (unpaired) electrons. The highest BCUT2D eigenvalue weighted by Gasteiger charge is 2.27. The summed E-state index contributed by atoms with van der Waals surface area (Å²) in [6.45, 7) is 1.33. The Bertz CT molecular complexity index is 959. The summed E-state index contributed by atoms with van der Waals surface area (Å²) in [5, 5.41) is 8.28. The molecule has 1 fully saturated rings. The number of benzene rings is 1. The number of piperidine rings is 1. The van der Waals surface area contributed by atoms with E-state index in [-0.39, 0.29) is 11.8 Å². The molecule has 1 aliphatic heterocycles. The zero-order valence-electron chi connectivity index (χ0n) is 16.5. The van der Waals surface area contributed by atoms with E-state index in [2.05, 4.69) is 10.2 Å². The Morgan fingerprint density at radius 1 is 1.14 bits per heavy atom. The fraction of sp³-hybridized carbons (Fsp3) is 0.381. The van der Waals surface area contributed by atoms with Crippen LogP contribution in [0, 0.1) is 0 Å². The highest BCUT2D eigenvalue weighted by molar-refractivity contribution is 5.79. The summed E-state index contributed by atoms with van der Waals surface area (Å²) in [7, 11) is 3.18. The lowest BCUT2D eigenvalue weighted by molar-refractivity contribution is -0.131. The van der Waals surface area contributed by atoms with E-state index in [4.69, 9.17) is 18.3 Å². The number of methoxy groups -OCH3 is 2. The molecule has 1 aliphatic rings. The molecule has 8 heteroatoms. The Hall–Kier alpha value is -3.29. The van der Waals surface area contributed by atoms with Gasteiger partial charge in [-0.3, -0.25) is 4.79 Å². The summed E-state index contributed by atoms with van der Waals surface area (Å²) in [4.78, 5) is 14.6. The Kier molecular flexibility index (Phi) is 5.50. The number of carbonyl (C=O) groups excluding carboxylic acids is 1. The van der Waals surface area contributed by atoms with Crippen LogP contribution in [-0.2, 0) is 11.2 Å². The van der Waals surface area contributed by atoms with Gasteiger partial charge >= 0.3 is 0 Å². The molecule has 0 saturated carbocycles. The van der Waals surface area contributed by atoms with E-state index in [0.717, 1.165) is 24.0 Å². The molecule has 1 aromatic carbocycles. The van der Waals surface area contributed by atoms with Gasteiger partial charge in [-0.15, -0.1) is 10.2 Å². The van der Waals surface area contributed by atoms with E-state index in [0.29, 0.717) is 42.8 Å². The van der Waals surface area contributed by atoms with Gasteiger partial charge in [-0.1, -0.05) is 6.07 Å². The van der Waals surface area contributed by atoms with Crippen molar-refractivity contribution in [1.29, 1.82) is 0 Å². The SMILES string of the molecule is COc1ccc(CC(=O)N2CCC(c3nnc(-c4ccoc4)o3)CC2)cc1OC. The predicted molar refractivity (Wildman–Crippen MR) is 104 cm³/mol. The number of aromatic nitrogens is 2. The zero-order valence-corrected chi connectivity index (χ0v) is 16.5. The molecule has 0 unspecified atom stereocenters. The maximum atomic E-state index is 12.7. The largest absolute Gasteiger partial charge is 0.493 e. The first kappa shape index (κ1) is 19.0. The summed E-state index contributed by atoms with van der Waals surface area (Å²) in [6, 6.07) is 7.34. The van der Waals surface area contributed by atoms with Gasteiger partial charge < -0.3 is 23.2 Å². The van der Waals surface area contributed by atoms with E-state index in [1.54, 1.807) is 32.8 Å². The first-order valence-electron chi connectivity index (χ1n) is 9.52. The number of amides is 1. The minimum Gasteiger partial charge on any atom is -0.493 e. The summed E-state index contributed by atoms with van der Waals surface area (Å²) in [5.74, 6) is 2.61. The van der Waals surface area contributed by atoms with Crippen molar-refractivity contribution in [3.63, 3.8) is 0 Å². The third-order valence-corrected chi connectivity index (χ3v) is 5.21. The van der Waals surface area contributed by atoms with Crippen molar-refractivity contribution in [3.8, 4) is 23.0 Å². The minimum absolute atomic E-state index is 0.0975. The van der Waals surface area contributed by atoms with Gasteiger partial charge in [-0.2, -0.15) is 0 Å². The molecule has 3 aromatic rings. The van der Waals surface area contributed by atoms with Gasteiger partial charge in [0.1, 0.15) is 6.26 Å². The monoisotopic (exact) mass is 397 g/mol. The second kappa shape index (κ2) is 8.38. The van der Waals surface area contributed by atoms with Gasteiger partial charge in [0.15, 0.2) is 11.5 Å². The molecule has 1 amide bonds. The number of hydrogen-bond acceptors (Lipinski definition) is 7. The normalized spacial score (nSPS) is 14.8. The molecule has 4 rings (SSSR count). The molecule has 8 nitrogen and oxygen atoms in total. The topological polar surface area (TPSA) is 90.8 Å². The average Bonchev–Trinajstić information content (AvgIpc) is 3.45. The second-order valence-electron chi connectivity index (χ2n) is 6.98. The third kappa shape index (κ3) is 4.11. The van der Waals surface area contributed by atoms with Crippen LogP contribution in [0.25, 0.3) is 11.5 Å². The molecular formula is C21H23N3O5. The number of nitrogens with zero attached hydrogens (tertiary/aromatic N) is 3. The number of carbonyl (C=O) groups is 1. The first-order valence-corrected chi connectivity index (χ1v) is 9.52. The Morgan fingerprint density at radius 3 is 2.62 bits per heavy atom. The Balaban J connectivity index is 1.34. The maximum absolute atomic E-state index is 12.7. The lowest BCUT2D eigenvalue weighted by Gasteiger charge is -2.30. The smallest absolute Gasteiger partial charge is 0.250 e. The van der Waals surface area contributed by atoms with Crippen LogP contribution < -0.4 is 9.47 Å². The summed E-state index contributed by atoms with van der Waals surface area (Å²) in [6.07, 6.45) is 5.07. The average molecular weight is 397 g/mol. The number of hydrogen-bond donors (Lipinski definition) is 0. The van der Waals surface area contributed by atoms with Crippen molar-refractivity contribution in [1.82, 2.24) is 15.1 Å². The third-order valence-electron chi connectivity index (χ3n) is 5.21. The van der Waals surface area contributed by atoms with Crippen LogP contribution in [0.3, 0.4) is 0 Å². The van der Waals surface area contributed by atoms with Gasteiger partial charge in [0.25, 0.3) is 5.89 Å². The van der Waals surface area contributed by atoms with Gasteiger partial charge in [0.05, 0.1) is 32.5 Å². The standard InChI is InChI=1S/C21H23N3O5/c1-26-17-4-3-14(11-18(17)27-2)12-19(25)24-8-5-15(6-9-24)20-22-23-21(29-20)16-7-10-28-13-16/h3-4,7,10-11,13,15H,5-6,8-9,12H2,1-2H3. The summed E-state index contributed by atoms with van der Waals surface area (Å²) >= 11 is 0. The quantitative estimate of drug-likeness (QED) is 0.630. The van der Waals surface area contributed by atoms with Crippen molar-refractivity contribution in [3.05, 3.63) is 48.2 Å². The summed E-state index contributed by atoms with van der Waals surface area (Å²) < 4.78 is 21.4. The van der Waals surface area contributed by atoms with Crippen LogP contribution >= 0.6 is 0 Å². The molecule has 0 spiro atoms. The van der Waals surface area contributed by atoms with Crippen LogP contribution in [-0.4, -0.2) is 48.3 Å². The molecule has 2 aromatic heterocycles. The van der Waals surface area contributed by atoms with Crippen molar-refractivity contribution in [2.75, 3.05) is 27.3 Å². The lowest BCUT2D eigenvalue weighted by Crippen LogP contribution is -2.38. The molecule has 0 N–H and O–H groups in total. The fourth-order valence-corrected chi connectivity index (χ4v) is 3.56. The van der Waals surface area contributed by atoms with E-state index < -0.39 is 0 Å². The van der Waals surface area contributed by atoms with Crippen molar-refractivity contribution in [2.24, 2.45) is 0 Å². The Morgan fingerprint density at radius 2 is 1.93 bits per heavy atom.